The fourth-order valence-corrected chi connectivity index (χ4v) is 6.42. The molecule has 0 unspecified atom stereocenters. The Bertz CT molecular complexity index is 1490. The van der Waals surface area contributed by atoms with Crippen molar-refractivity contribution >= 4 is 62.3 Å². The van der Waals surface area contributed by atoms with Crippen LogP contribution in [0.5, 0.6) is 0 Å². The van der Waals surface area contributed by atoms with Crippen molar-refractivity contribution in [1.82, 2.24) is 10.2 Å². The number of anilines is 1. The van der Waals surface area contributed by atoms with E-state index in [-0.39, 0.29) is 29.1 Å². The van der Waals surface area contributed by atoms with Gasteiger partial charge in [-0.25, -0.2) is 8.42 Å². The summed E-state index contributed by atoms with van der Waals surface area (Å²) in [7, 11) is -4.20. The van der Waals surface area contributed by atoms with Crippen molar-refractivity contribution in [2.75, 3.05) is 10.8 Å². The molecule has 2 atom stereocenters. The maximum atomic E-state index is 14.2. The molecule has 0 heterocycles. The molecule has 3 aromatic rings. The van der Waals surface area contributed by atoms with Crippen molar-refractivity contribution < 1.29 is 18.0 Å². The predicted octanol–water partition coefficient (Wildman–Crippen LogP) is 6.87. The highest BCUT2D eigenvalue weighted by molar-refractivity contribution is 7.92. The number of nitrogens with one attached hydrogen (secondary N) is 1. The maximum Gasteiger partial charge on any atom is 0.264 e. The number of hydrogen-bond donors (Lipinski definition) is 1. The van der Waals surface area contributed by atoms with Gasteiger partial charge in [-0.1, -0.05) is 79.0 Å². The van der Waals surface area contributed by atoms with E-state index in [4.69, 9.17) is 34.8 Å². The van der Waals surface area contributed by atoms with Gasteiger partial charge in [0.05, 0.1) is 10.6 Å². The first kappa shape index (κ1) is 32.7. The molecule has 3 rings (SSSR count). The fraction of sp³-hybridized carbons (Fsp3) is 0.333. The molecule has 11 heteroatoms. The minimum Gasteiger partial charge on any atom is -0.352 e. The summed E-state index contributed by atoms with van der Waals surface area (Å²) >= 11 is 18.9. The van der Waals surface area contributed by atoms with Gasteiger partial charge in [0.2, 0.25) is 11.8 Å². The van der Waals surface area contributed by atoms with Gasteiger partial charge in [0.25, 0.3) is 10.0 Å². The number of carbonyl (C=O) groups excluding carboxylic acids is 2. The summed E-state index contributed by atoms with van der Waals surface area (Å²) in [5.74, 6) is -0.919. The number of rotatable bonds is 12. The second-order valence-corrected chi connectivity index (χ2v) is 12.8. The molecule has 41 heavy (non-hydrogen) atoms. The van der Waals surface area contributed by atoms with E-state index in [0.29, 0.717) is 39.0 Å². The molecule has 0 bridgehead atoms. The first-order valence-corrected chi connectivity index (χ1v) is 15.8. The van der Waals surface area contributed by atoms with Crippen LogP contribution >= 0.6 is 34.8 Å². The molecule has 0 saturated heterocycles. The number of hydrogen-bond acceptors (Lipinski definition) is 4. The zero-order chi connectivity index (χ0) is 30.3. The van der Waals surface area contributed by atoms with Crippen LogP contribution < -0.4 is 9.62 Å². The van der Waals surface area contributed by atoms with Gasteiger partial charge >= 0.3 is 0 Å². The summed E-state index contributed by atoms with van der Waals surface area (Å²) in [6, 6.07) is 16.6. The lowest BCUT2D eigenvalue weighted by Crippen LogP contribution is -2.53. The summed E-state index contributed by atoms with van der Waals surface area (Å²) in [6.45, 7) is 6.70. The minimum atomic E-state index is -4.20. The second kappa shape index (κ2) is 14.4. The average molecular weight is 639 g/mol. The van der Waals surface area contributed by atoms with Crippen LogP contribution in [0.25, 0.3) is 0 Å². The van der Waals surface area contributed by atoms with Crippen LogP contribution in [0.1, 0.15) is 44.7 Å². The van der Waals surface area contributed by atoms with E-state index >= 15 is 0 Å². The quantitative estimate of drug-likeness (QED) is 0.235. The Balaban J connectivity index is 2.11. The van der Waals surface area contributed by atoms with Gasteiger partial charge in [0.1, 0.15) is 12.6 Å². The van der Waals surface area contributed by atoms with E-state index in [1.807, 2.05) is 13.8 Å². The molecule has 1 N–H and O–H groups in total. The summed E-state index contributed by atoms with van der Waals surface area (Å²) in [6.07, 6.45) is 0.997. The van der Waals surface area contributed by atoms with Crippen LogP contribution in [0.3, 0.4) is 0 Å². The zero-order valence-electron chi connectivity index (χ0n) is 23.4. The lowest BCUT2D eigenvalue weighted by Gasteiger charge is -2.34. The highest BCUT2D eigenvalue weighted by Gasteiger charge is 2.34. The van der Waals surface area contributed by atoms with Gasteiger partial charge < -0.3 is 10.2 Å². The van der Waals surface area contributed by atoms with Crippen LogP contribution in [0, 0.1) is 6.92 Å². The van der Waals surface area contributed by atoms with E-state index in [9.17, 15) is 18.0 Å². The lowest BCUT2D eigenvalue weighted by atomic mass is 10.1. The molecule has 7 nitrogen and oxygen atoms in total. The van der Waals surface area contributed by atoms with Gasteiger partial charge in [-0.05, 0) is 74.2 Å². The molecule has 3 aromatic carbocycles. The van der Waals surface area contributed by atoms with Crippen molar-refractivity contribution in [3.63, 3.8) is 0 Å². The number of halogens is 3. The monoisotopic (exact) mass is 637 g/mol. The Hall–Kier alpha value is -2.78. The lowest BCUT2D eigenvalue weighted by molar-refractivity contribution is -0.140. The van der Waals surface area contributed by atoms with E-state index in [0.717, 1.165) is 4.31 Å². The van der Waals surface area contributed by atoms with Crippen LogP contribution in [-0.4, -0.2) is 43.8 Å². The van der Waals surface area contributed by atoms with E-state index in [1.165, 1.54) is 17.0 Å². The Morgan fingerprint density at radius 2 is 1.59 bits per heavy atom. The molecular weight excluding hydrogens is 605 g/mol. The summed E-state index contributed by atoms with van der Waals surface area (Å²) in [5.41, 5.74) is 1.32. The SMILES string of the molecule is CC[C@@H](C)NC(=O)[C@@H](CC)N(Cc1ccc(Cl)cc1Cl)C(=O)CN(c1cccc(Cl)c1C)S(=O)(=O)c1ccccc1. The second-order valence-electron chi connectivity index (χ2n) is 9.71. The highest BCUT2D eigenvalue weighted by atomic mass is 35.5. The predicted molar refractivity (Wildman–Crippen MR) is 166 cm³/mol. The molecule has 0 aliphatic carbocycles. The molecule has 220 valence electrons. The molecular formula is C30H34Cl3N3O4S. The third-order valence-electron chi connectivity index (χ3n) is 6.86. The Morgan fingerprint density at radius 1 is 0.902 bits per heavy atom. The highest BCUT2D eigenvalue weighted by Crippen LogP contribution is 2.31. The van der Waals surface area contributed by atoms with E-state index in [1.54, 1.807) is 68.4 Å². The minimum absolute atomic E-state index is 0.0148. The zero-order valence-corrected chi connectivity index (χ0v) is 26.5. The first-order valence-electron chi connectivity index (χ1n) is 13.3. The smallest absolute Gasteiger partial charge is 0.264 e. The van der Waals surface area contributed by atoms with Crippen molar-refractivity contribution in [2.24, 2.45) is 0 Å². The van der Waals surface area contributed by atoms with Crippen LogP contribution in [0.2, 0.25) is 15.1 Å². The van der Waals surface area contributed by atoms with E-state index < -0.39 is 28.5 Å². The molecule has 0 aromatic heterocycles. The van der Waals surface area contributed by atoms with E-state index in [2.05, 4.69) is 5.32 Å². The van der Waals surface area contributed by atoms with Crippen molar-refractivity contribution in [3.8, 4) is 0 Å². The first-order chi connectivity index (χ1) is 19.4. The topological polar surface area (TPSA) is 86.8 Å². The van der Waals surface area contributed by atoms with Crippen molar-refractivity contribution in [3.05, 3.63) is 92.9 Å². The molecule has 2 amide bonds. The normalized spacial score (nSPS) is 12.9. The van der Waals surface area contributed by atoms with Gasteiger partial charge in [-0.2, -0.15) is 0 Å². The molecule has 0 aliphatic rings. The Kier molecular flexibility index (Phi) is 11.5. The van der Waals surface area contributed by atoms with Gasteiger partial charge in [0, 0.05) is 27.7 Å². The third-order valence-corrected chi connectivity index (χ3v) is 9.63. The maximum absolute atomic E-state index is 14.2. The number of amides is 2. The summed E-state index contributed by atoms with van der Waals surface area (Å²) < 4.78 is 29.0. The molecule has 0 aliphatic heterocycles. The van der Waals surface area contributed by atoms with Crippen LogP contribution in [0.4, 0.5) is 5.69 Å². The fourth-order valence-electron chi connectivity index (χ4n) is 4.29. The number of benzene rings is 3. The van der Waals surface area contributed by atoms with Crippen LogP contribution in [-0.2, 0) is 26.2 Å². The van der Waals surface area contributed by atoms with Crippen LogP contribution in [0.15, 0.2) is 71.6 Å². The third kappa shape index (κ3) is 7.95. The molecule has 0 radical (unpaired) electrons. The van der Waals surface area contributed by atoms with Gasteiger partial charge in [0.15, 0.2) is 0 Å². The van der Waals surface area contributed by atoms with Gasteiger partial charge in [-0.3, -0.25) is 13.9 Å². The summed E-state index contributed by atoms with van der Waals surface area (Å²) in [5, 5.41) is 4.05. The molecule has 0 spiro atoms. The van der Waals surface area contributed by atoms with Gasteiger partial charge in [-0.15, -0.1) is 0 Å². The largest absolute Gasteiger partial charge is 0.352 e. The molecule has 0 fully saturated rings. The Morgan fingerprint density at radius 3 is 2.20 bits per heavy atom. The Labute approximate surface area is 257 Å². The van der Waals surface area contributed by atoms with Crippen molar-refractivity contribution in [1.29, 1.82) is 0 Å². The number of sulfonamides is 1. The number of nitrogens with zero attached hydrogens (tertiary/aromatic N) is 2. The standard InChI is InChI=1S/C30H34Cl3N3O4S/c1-5-20(3)34-30(38)27(6-2)35(18-22-15-16-23(31)17-26(22)33)29(37)19-36(28-14-10-13-25(32)21(28)4)41(39,40)24-11-8-7-9-12-24/h7-17,20,27H,5-6,18-19H2,1-4H3,(H,34,38)/t20-,27-/m1/s1. The number of carbonyl (C=O) groups is 2. The summed E-state index contributed by atoms with van der Waals surface area (Å²) in [4.78, 5) is 29.0. The average Bonchev–Trinajstić information content (AvgIpc) is 2.94. The molecule has 0 saturated carbocycles. The van der Waals surface area contributed by atoms with Crippen molar-refractivity contribution in [2.45, 2.75) is 64.1 Å².